The largest absolute Gasteiger partial charge is 0.380 e. The molecule has 0 aromatic heterocycles. The zero-order valence-corrected chi connectivity index (χ0v) is 14.0. The van der Waals surface area contributed by atoms with E-state index in [4.69, 9.17) is 0 Å². The number of nitrogens with zero attached hydrogens (tertiary/aromatic N) is 1. The Labute approximate surface area is 135 Å². The third kappa shape index (κ3) is 3.24. The van der Waals surface area contributed by atoms with Crippen molar-refractivity contribution in [1.29, 1.82) is 0 Å². The first-order chi connectivity index (χ1) is 10.3. The molecule has 2 nitrogen and oxygen atoms in total. The molecule has 0 amide bonds. The average molecular weight is 345 g/mol. The maximum Gasteiger partial charge on any atom is 0.0490 e. The van der Waals surface area contributed by atoms with Crippen molar-refractivity contribution in [2.75, 3.05) is 23.3 Å². The summed E-state index contributed by atoms with van der Waals surface area (Å²) in [5, 5.41) is 3.56. The first-order valence-electron chi connectivity index (χ1n) is 7.57. The van der Waals surface area contributed by atoms with Crippen LogP contribution in [0.2, 0.25) is 0 Å². The summed E-state index contributed by atoms with van der Waals surface area (Å²) in [6, 6.07) is 15.1. The second-order valence-electron chi connectivity index (χ2n) is 5.61. The van der Waals surface area contributed by atoms with Gasteiger partial charge < -0.3 is 10.2 Å². The molecule has 0 saturated carbocycles. The lowest BCUT2D eigenvalue weighted by Crippen LogP contribution is -2.19. The van der Waals surface area contributed by atoms with Crippen LogP contribution in [-0.2, 0) is 6.54 Å². The highest BCUT2D eigenvalue weighted by atomic mass is 79.9. The van der Waals surface area contributed by atoms with Crippen LogP contribution in [0.15, 0.2) is 46.9 Å². The summed E-state index contributed by atoms with van der Waals surface area (Å²) >= 11 is 3.67. The fourth-order valence-corrected chi connectivity index (χ4v) is 3.31. The molecule has 1 aliphatic rings. The Bertz CT molecular complexity index is 618. The highest BCUT2D eigenvalue weighted by Gasteiger charge is 2.15. The van der Waals surface area contributed by atoms with Gasteiger partial charge in [0.2, 0.25) is 0 Å². The van der Waals surface area contributed by atoms with Crippen molar-refractivity contribution in [2.45, 2.75) is 26.3 Å². The quantitative estimate of drug-likeness (QED) is 0.842. The average Bonchev–Trinajstić information content (AvgIpc) is 3.03. The molecular formula is C18H21BrN2. The number of aryl methyl sites for hydroxylation is 1. The molecule has 1 fully saturated rings. The molecule has 110 valence electrons. The molecule has 0 atom stereocenters. The fourth-order valence-electron chi connectivity index (χ4n) is 2.90. The molecule has 1 heterocycles. The number of nitrogens with one attached hydrogen (secondary N) is 1. The minimum atomic E-state index is 0.856. The van der Waals surface area contributed by atoms with Crippen LogP contribution < -0.4 is 10.2 Å². The molecule has 1 N–H and O–H groups in total. The van der Waals surface area contributed by atoms with Crippen molar-refractivity contribution in [3.05, 3.63) is 58.1 Å². The number of rotatable bonds is 4. The second-order valence-corrected chi connectivity index (χ2v) is 6.41. The van der Waals surface area contributed by atoms with E-state index in [0.717, 1.165) is 16.7 Å². The smallest absolute Gasteiger partial charge is 0.0490 e. The Morgan fingerprint density at radius 3 is 2.62 bits per heavy atom. The summed E-state index contributed by atoms with van der Waals surface area (Å²) < 4.78 is 1.16. The fraction of sp³-hybridized carbons (Fsp3) is 0.333. The van der Waals surface area contributed by atoms with E-state index in [2.05, 4.69) is 75.5 Å². The van der Waals surface area contributed by atoms with Gasteiger partial charge in [0.25, 0.3) is 0 Å². The Morgan fingerprint density at radius 2 is 1.81 bits per heavy atom. The molecule has 2 aromatic carbocycles. The third-order valence-electron chi connectivity index (χ3n) is 4.10. The lowest BCUT2D eigenvalue weighted by atomic mass is 10.1. The van der Waals surface area contributed by atoms with Crippen LogP contribution in [0.1, 0.15) is 24.0 Å². The maximum absolute atomic E-state index is 3.67. The van der Waals surface area contributed by atoms with Gasteiger partial charge in [-0.05, 0) is 59.0 Å². The Morgan fingerprint density at radius 1 is 1.05 bits per heavy atom. The minimum Gasteiger partial charge on any atom is -0.380 e. The molecule has 2 aromatic rings. The Balaban J connectivity index is 1.77. The Kier molecular flexibility index (Phi) is 4.49. The molecule has 3 heteroatoms. The van der Waals surface area contributed by atoms with Crippen LogP contribution in [0.5, 0.6) is 0 Å². The van der Waals surface area contributed by atoms with Crippen molar-refractivity contribution in [3.63, 3.8) is 0 Å². The SMILES string of the molecule is Cc1cccc(NCc2ccccc2N2CCCC2)c1Br. The molecule has 0 spiro atoms. The van der Waals surface area contributed by atoms with E-state index in [-0.39, 0.29) is 0 Å². The van der Waals surface area contributed by atoms with Gasteiger partial charge in [0.05, 0.1) is 0 Å². The zero-order valence-electron chi connectivity index (χ0n) is 12.4. The predicted octanol–water partition coefficient (Wildman–Crippen LogP) is 4.97. The number of halogens is 1. The molecule has 3 rings (SSSR count). The monoisotopic (exact) mass is 344 g/mol. The topological polar surface area (TPSA) is 15.3 Å². The number of anilines is 2. The molecule has 0 radical (unpaired) electrons. The normalized spacial score (nSPS) is 14.5. The van der Waals surface area contributed by atoms with Gasteiger partial charge in [-0.25, -0.2) is 0 Å². The van der Waals surface area contributed by atoms with Crippen LogP contribution >= 0.6 is 15.9 Å². The van der Waals surface area contributed by atoms with Gasteiger partial charge in [0, 0.05) is 35.5 Å². The third-order valence-corrected chi connectivity index (χ3v) is 5.15. The summed E-state index contributed by atoms with van der Waals surface area (Å²) in [7, 11) is 0. The van der Waals surface area contributed by atoms with Gasteiger partial charge in [-0.1, -0.05) is 30.3 Å². The summed E-state index contributed by atoms with van der Waals surface area (Å²) in [4.78, 5) is 2.50. The number of hydrogen-bond donors (Lipinski definition) is 1. The number of para-hydroxylation sites is 1. The van der Waals surface area contributed by atoms with Gasteiger partial charge in [-0.2, -0.15) is 0 Å². The van der Waals surface area contributed by atoms with Crippen molar-refractivity contribution in [1.82, 2.24) is 0 Å². The summed E-state index contributed by atoms with van der Waals surface area (Å²) in [5.74, 6) is 0. The minimum absolute atomic E-state index is 0.856. The van der Waals surface area contributed by atoms with Gasteiger partial charge in [-0.15, -0.1) is 0 Å². The first-order valence-corrected chi connectivity index (χ1v) is 8.37. The lowest BCUT2D eigenvalue weighted by Gasteiger charge is -2.22. The molecule has 0 unspecified atom stereocenters. The standard InChI is InChI=1S/C18H21BrN2/c1-14-7-6-9-16(18(14)19)20-13-15-8-2-3-10-17(15)21-11-4-5-12-21/h2-3,6-10,20H,4-5,11-13H2,1H3. The van der Waals surface area contributed by atoms with Crippen LogP contribution in [0.4, 0.5) is 11.4 Å². The molecule has 0 aliphatic carbocycles. The van der Waals surface area contributed by atoms with E-state index in [1.165, 1.54) is 42.7 Å². The predicted molar refractivity (Wildman–Crippen MR) is 94.1 cm³/mol. The second kappa shape index (κ2) is 6.52. The van der Waals surface area contributed by atoms with Crippen LogP contribution in [0.3, 0.4) is 0 Å². The van der Waals surface area contributed by atoms with Gasteiger partial charge in [-0.3, -0.25) is 0 Å². The van der Waals surface area contributed by atoms with Gasteiger partial charge in [0.15, 0.2) is 0 Å². The molecule has 0 bridgehead atoms. The van der Waals surface area contributed by atoms with Gasteiger partial charge >= 0.3 is 0 Å². The van der Waals surface area contributed by atoms with E-state index in [0.29, 0.717) is 0 Å². The van der Waals surface area contributed by atoms with Crippen molar-refractivity contribution in [2.24, 2.45) is 0 Å². The first kappa shape index (κ1) is 14.5. The van der Waals surface area contributed by atoms with Crippen LogP contribution in [0, 0.1) is 6.92 Å². The zero-order chi connectivity index (χ0) is 14.7. The van der Waals surface area contributed by atoms with Crippen molar-refractivity contribution in [3.8, 4) is 0 Å². The highest BCUT2D eigenvalue weighted by molar-refractivity contribution is 9.10. The summed E-state index contributed by atoms with van der Waals surface area (Å²) in [5.41, 5.74) is 5.16. The van der Waals surface area contributed by atoms with Gasteiger partial charge in [0.1, 0.15) is 0 Å². The van der Waals surface area contributed by atoms with Crippen LogP contribution in [0.25, 0.3) is 0 Å². The lowest BCUT2D eigenvalue weighted by molar-refractivity contribution is 0.949. The van der Waals surface area contributed by atoms with Crippen LogP contribution in [-0.4, -0.2) is 13.1 Å². The molecular weight excluding hydrogens is 324 g/mol. The van der Waals surface area contributed by atoms with E-state index in [1.54, 1.807) is 0 Å². The summed E-state index contributed by atoms with van der Waals surface area (Å²) in [6.07, 6.45) is 2.62. The van der Waals surface area contributed by atoms with E-state index >= 15 is 0 Å². The molecule has 1 aliphatic heterocycles. The van der Waals surface area contributed by atoms with Crippen molar-refractivity contribution < 1.29 is 0 Å². The number of benzene rings is 2. The highest BCUT2D eigenvalue weighted by Crippen LogP contribution is 2.28. The van der Waals surface area contributed by atoms with Crippen molar-refractivity contribution >= 4 is 27.3 Å². The summed E-state index contributed by atoms with van der Waals surface area (Å²) in [6.45, 7) is 5.35. The van der Waals surface area contributed by atoms with E-state index < -0.39 is 0 Å². The Hall–Kier alpha value is -1.48. The van der Waals surface area contributed by atoms with E-state index in [9.17, 15) is 0 Å². The maximum atomic E-state index is 3.67. The van der Waals surface area contributed by atoms with E-state index in [1.807, 2.05) is 0 Å². The molecule has 1 saturated heterocycles. The number of hydrogen-bond acceptors (Lipinski definition) is 2. The molecule has 21 heavy (non-hydrogen) atoms.